The Morgan fingerprint density at radius 3 is 2.53 bits per heavy atom. The summed E-state index contributed by atoms with van der Waals surface area (Å²) in [6.45, 7) is 0.641. The first-order valence-electron chi connectivity index (χ1n) is 9.15. The first-order valence-corrected chi connectivity index (χ1v) is 9.53. The molecule has 0 aliphatic carbocycles. The Balaban J connectivity index is 0.00000101. The lowest BCUT2D eigenvalue weighted by atomic mass is 9.86. The number of rotatable bonds is 4. The zero-order valence-electron chi connectivity index (χ0n) is 15.9. The van der Waals surface area contributed by atoms with Gasteiger partial charge in [-0.25, -0.2) is 0 Å². The third-order valence-electron chi connectivity index (χ3n) is 4.90. The molecule has 0 saturated carbocycles. The molecule has 0 bridgehead atoms. The van der Waals surface area contributed by atoms with E-state index in [0.717, 1.165) is 11.6 Å². The number of piperidine rings is 1. The Kier molecular flexibility index (Phi) is 8.24. The number of halogens is 4. The maximum absolute atomic E-state index is 12.6. The SMILES string of the molecule is NC(Cc1cccc(Cl)c1)C1CCN(C(=O)c2cc(C(F)(F)F)[nH]n2)CC1.O=CO. The summed E-state index contributed by atoms with van der Waals surface area (Å²) < 4.78 is 37.9. The third kappa shape index (κ3) is 6.46. The molecule has 3 rings (SSSR count). The molecule has 11 heteroatoms. The van der Waals surface area contributed by atoms with Gasteiger partial charge in [-0.05, 0) is 42.9 Å². The van der Waals surface area contributed by atoms with Crippen molar-refractivity contribution in [1.29, 1.82) is 0 Å². The number of alkyl halides is 3. The summed E-state index contributed by atoms with van der Waals surface area (Å²) in [5, 5.41) is 12.9. The van der Waals surface area contributed by atoms with E-state index in [-0.39, 0.29) is 24.1 Å². The highest BCUT2D eigenvalue weighted by atomic mass is 35.5. The van der Waals surface area contributed by atoms with Crippen molar-refractivity contribution in [2.24, 2.45) is 11.7 Å². The summed E-state index contributed by atoms with van der Waals surface area (Å²) in [4.78, 5) is 22.3. The van der Waals surface area contributed by atoms with Gasteiger partial charge in [-0.15, -0.1) is 0 Å². The Morgan fingerprint density at radius 1 is 1.37 bits per heavy atom. The zero-order chi connectivity index (χ0) is 22.3. The molecule has 2 aromatic rings. The van der Waals surface area contributed by atoms with Crippen LogP contribution in [0.5, 0.6) is 0 Å². The van der Waals surface area contributed by atoms with E-state index in [1.807, 2.05) is 23.3 Å². The maximum atomic E-state index is 12.6. The summed E-state index contributed by atoms with van der Waals surface area (Å²) in [5.74, 6) is -0.262. The van der Waals surface area contributed by atoms with Crippen LogP contribution in [-0.2, 0) is 17.4 Å². The first-order chi connectivity index (χ1) is 14.2. The van der Waals surface area contributed by atoms with Gasteiger partial charge in [0.1, 0.15) is 5.69 Å². The van der Waals surface area contributed by atoms with Crippen molar-refractivity contribution in [3.8, 4) is 0 Å². The van der Waals surface area contributed by atoms with Crippen molar-refractivity contribution in [3.63, 3.8) is 0 Å². The van der Waals surface area contributed by atoms with E-state index in [1.165, 1.54) is 4.90 Å². The molecule has 0 spiro atoms. The molecule has 4 N–H and O–H groups in total. The fourth-order valence-corrected chi connectivity index (χ4v) is 3.58. The number of likely N-dealkylation sites (tertiary alicyclic amines) is 1. The summed E-state index contributed by atoms with van der Waals surface area (Å²) >= 11 is 5.99. The van der Waals surface area contributed by atoms with Gasteiger partial charge in [-0.1, -0.05) is 23.7 Å². The average Bonchev–Trinajstić information content (AvgIpc) is 3.19. The average molecular weight is 447 g/mol. The van der Waals surface area contributed by atoms with Crippen LogP contribution in [0.25, 0.3) is 0 Å². The van der Waals surface area contributed by atoms with Crippen LogP contribution in [0.15, 0.2) is 30.3 Å². The third-order valence-corrected chi connectivity index (χ3v) is 5.13. The molecule has 2 heterocycles. The number of nitrogens with two attached hydrogens (primary N) is 1. The molecule has 0 radical (unpaired) electrons. The minimum absolute atomic E-state index is 0.0667. The second-order valence-electron chi connectivity index (χ2n) is 6.90. The fraction of sp³-hybridized carbons (Fsp3) is 0.421. The zero-order valence-corrected chi connectivity index (χ0v) is 16.7. The number of nitrogens with zero attached hydrogens (tertiary/aromatic N) is 2. The number of aromatic amines is 1. The van der Waals surface area contributed by atoms with E-state index in [1.54, 1.807) is 6.07 Å². The van der Waals surface area contributed by atoms with E-state index in [9.17, 15) is 18.0 Å². The number of aromatic nitrogens is 2. The molecular weight excluding hydrogens is 425 g/mol. The van der Waals surface area contributed by atoms with Gasteiger partial charge in [-0.3, -0.25) is 14.7 Å². The number of hydrogen-bond donors (Lipinski definition) is 3. The maximum Gasteiger partial charge on any atom is 0.432 e. The van der Waals surface area contributed by atoms with Gasteiger partial charge in [0.15, 0.2) is 5.69 Å². The van der Waals surface area contributed by atoms with Crippen molar-refractivity contribution >= 4 is 24.0 Å². The second kappa shape index (κ2) is 10.4. The standard InChI is InChI=1S/C18H20ClF3N4O.CH2O2/c19-13-3-1-2-11(8-13)9-14(23)12-4-6-26(7-5-12)17(27)15-10-16(25-24-15)18(20,21)22;2-1-3/h1-3,8,10,12,14H,4-7,9,23H2,(H,24,25);1H,(H,2,3). The van der Waals surface area contributed by atoms with Crippen LogP contribution in [0.2, 0.25) is 5.02 Å². The van der Waals surface area contributed by atoms with Crippen LogP contribution >= 0.6 is 11.6 Å². The minimum Gasteiger partial charge on any atom is -0.483 e. The summed E-state index contributed by atoms with van der Waals surface area (Å²) in [7, 11) is 0. The fourth-order valence-electron chi connectivity index (χ4n) is 3.37. The Hall–Kier alpha value is -2.59. The summed E-state index contributed by atoms with van der Waals surface area (Å²) in [6.07, 6.45) is -2.47. The quantitative estimate of drug-likeness (QED) is 0.624. The molecule has 1 aliphatic rings. The first kappa shape index (κ1) is 23.7. The highest BCUT2D eigenvalue weighted by Gasteiger charge is 2.35. The van der Waals surface area contributed by atoms with Crippen molar-refractivity contribution in [2.45, 2.75) is 31.5 Å². The van der Waals surface area contributed by atoms with Gasteiger partial charge in [0, 0.05) is 30.2 Å². The van der Waals surface area contributed by atoms with E-state index in [2.05, 4.69) is 5.10 Å². The lowest BCUT2D eigenvalue weighted by Crippen LogP contribution is -2.44. The van der Waals surface area contributed by atoms with Crippen LogP contribution in [0.3, 0.4) is 0 Å². The molecule has 1 aliphatic heterocycles. The topological polar surface area (TPSA) is 112 Å². The van der Waals surface area contributed by atoms with Crippen molar-refractivity contribution in [3.05, 3.63) is 52.3 Å². The Morgan fingerprint density at radius 2 is 2.00 bits per heavy atom. The van der Waals surface area contributed by atoms with Crippen LogP contribution in [0, 0.1) is 5.92 Å². The Bertz CT molecular complexity index is 852. The molecule has 1 saturated heterocycles. The molecule has 1 amide bonds. The highest BCUT2D eigenvalue weighted by molar-refractivity contribution is 6.30. The number of H-pyrrole nitrogens is 1. The number of carbonyl (C=O) groups excluding carboxylic acids is 1. The molecule has 1 unspecified atom stereocenters. The number of benzene rings is 1. The summed E-state index contributed by atoms with van der Waals surface area (Å²) in [6, 6.07) is 8.22. The molecule has 1 atom stereocenters. The van der Waals surface area contributed by atoms with E-state index >= 15 is 0 Å². The normalized spacial score (nSPS) is 15.8. The molecule has 7 nitrogen and oxygen atoms in total. The molecular formula is C19H22ClF3N4O3. The number of nitrogens with one attached hydrogen (secondary N) is 1. The van der Waals surface area contributed by atoms with Crippen molar-refractivity contribution < 1.29 is 27.9 Å². The van der Waals surface area contributed by atoms with E-state index in [0.29, 0.717) is 37.4 Å². The highest BCUT2D eigenvalue weighted by Crippen LogP contribution is 2.28. The van der Waals surface area contributed by atoms with Gasteiger partial charge in [-0.2, -0.15) is 18.3 Å². The predicted octanol–water partition coefficient (Wildman–Crippen LogP) is 3.20. The van der Waals surface area contributed by atoms with Crippen LogP contribution in [-0.4, -0.2) is 51.7 Å². The van der Waals surface area contributed by atoms with Crippen LogP contribution < -0.4 is 5.73 Å². The molecule has 30 heavy (non-hydrogen) atoms. The monoisotopic (exact) mass is 446 g/mol. The summed E-state index contributed by atoms with van der Waals surface area (Å²) in [5.41, 5.74) is 6.14. The molecule has 1 aromatic heterocycles. The predicted molar refractivity (Wildman–Crippen MR) is 104 cm³/mol. The lowest BCUT2D eigenvalue weighted by molar-refractivity contribution is -0.141. The second-order valence-corrected chi connectivity index (χ2v) is 7.33. The Labute approximate surface area is 176 Å². The molecule has 1 fully saturated rings. The van der Waals surface area contributed by atoms with E-state index < -0.39 is 17.8 Å². The van der Waals surface area contributed by atoms with Gasteiger partial charge in [0.25, 0.3) is 12.4 Å². The van der Waals surface area contributed by atoms with Gasteiger partial charge >= 0.3 is 6.18 Å². The number of carbonyl (C=O) groups is 2. The minimum atomic E-state index is -4.55. The molecule has 164 valence electrons. The lowest BCUT2D eigenvalue weighted by Gasteiger charge is -2.34. The van der Waals surface area contributed by atoms with E-state index in [4.69, 9.17) is 27.2 Å². The van der Waals surface area contributed by atoms with Gasteiger partial charge in [0.2, 0.25) is 0 Å². The number of carboxylic acid groups (broad SMARTS) is 1. The number of hydrogen-bond acceptors (Lipinski definition) is 4. The molecule has 1 aromatic carbocycles. The van der Waals surface area contributed by atoms with Crippen molar-refractivity contribution in [1.82, 2.24) is 15.1 Å². The van der Waals surface area contributed by atoms with Crippen LogP contribution in [0.4, 0.5) is 13.2 Å². The van der Waals surface area contributed by atoms with Crippen molar-refractivity contribution in [2.75, 3.05) is 13.1 Å². The number of amides is 1. The smallest absolute Gasteiger partial charge is 0.432 e. The van der Waals surface area contributed by atoms with Crippen LogP contribution in [0.1, 0.15) is 34.6 Å². The largest absolute Gasteiger partial charge is 0.483 e. The van der Waals surface area contributed by atoms with Gasteiger partial charge < -0.3 is 15.7 Å². The van der Waals surface area contributed by atoms with Gasteiger partial charge in [0.05, 0.1) is 0 Å².